The fourth-order valence-corrected chi connectivity index (χ4v) is 5.78. The van der Waals surface area contributed by atoms with Gasteiger partial charge in [0.1, 0.15) is 17.3 Å². The number of unbranched alkanes of at least 4 members (excludes halogenated alkanes) is 1. The number of hydrogen-bond donors (Lipinski definition) is 2. The van der Waals surface area contributed by atoms with E-state index in [-0.39, 0.29) is 29.2 Å². The van der Waals surface area contributed by atoms with Gasteiger partial charge in [0, 0.05) is 18.5 Å². The van der Waals surface area contributed by atoms with Crippen molar-refractivity contribution in [2.24, 2.45) is 0 Å². The van der Waals surface area contributed by atoms with Crippen LogP contribution >= 0.6 is 0 Å². The molecule has 14 heteroatoms. The van der Waals surface area contributed by atoms with Crippen LogP contribution in [0.1, 0.15) is 52.9 Å². The first kappa shape index (κ1) is 32.7. The number of nitrogens with zero attached hydrogens (tertiary/aromatic N) is 2. The first-order chi connectivity index (χ1) is 20.7. The number of benzene rings is 3. The highest BCUT2D eigenvalue weighted by Crippen LogP contribution is 2.45. The lowest BCUT2D eigenvalue weighted by atomic mass is 10.0. The number of halogens is 6. The topological polar surface area (TPSA) is 101 Å². The van der Waals surface area contributed by atoms with Crippen molar-refractivity contribution in [2.45, 2.75) is 56.3 Å². The molecular formula is C30H27F6N3O4S. The summed E-state index contributed by atoms with van der Waals surface area (Å²) < 4.78 is 112. The first-order valence-electron chi connectivity index (χ1n) is 13.4. The van der Waals surface area contributed by atoms with E-state index in [9.17, 15) is 44.7 Å². The molecule has 0 radical (unpaired) electrons. The number of aliphatic hydroxyl groups is 1. The maximum atomic E-state index is 14.3. The van der Waals surface area contributed by atoms with Crippen LogP contribution < -0.4 is 4.72 Å². The number of carbonyl (C=O) groups excluding carboxylic acids is 1. The summed E-state index contributed by atoms with van der Waals surface area (Å²) in [5.74, 6) is -7.39. The van der Waals surface area contributed by atoms with E-state index < -0.39 is 57.4 Å². The van der Waals surface area contributed by atoms with Crippen LogP contribution in [0.2, 0.25) is 0 Å². The average molecular weight is 640 g/mol. The Hall–Kier alpha value is -4.17. The molecule has 0 aliphatic carbocycles. The van der Waals surface area contributed by atoms with Crippen LogP contribution in [-0.4, -0.2) is 35.2 Å². The predicted octanol–water partition coefficient (Wildman–Crippen LogP) is 6.35. The lowest BCUT2D eigenvalue weighted by Gasteiger charge is -2.19. The van der Waals surface area contributed by atoms with E-state index >= 15 is 0 Å². The second kappa shape index (κ2) is 12.8. The highest BCUT2D eigenvalue weighted by molar-refractivity contribution is 7.90. The molecule has 7 nitrogen and oxygen atoms in total. The Morgan fingerprint density at radius 1 is 0.955 bits per heavy atom. The van der Waals surface area contributed by atoms with E-state index in [1.54, 1.807) is 6.07 Å². The molecule has 3 aromatic carbocycles. The molecule has 1 heterocycles. The van der Waals surface area contributed by atoms with Gasteiger partial charge in [0.2, 0.25) is 0 Å². The number of nitrogens with one attached hydrogen (secondary N) is 1. The fourth-order valence-electron chi connectivity index (χ4n) is 4.59. The van der Waals surface area contributed by atoms with Crippen LogP contribution in [-0.2, 0) is 35.5 Å². The van der Waals surface area contributed by atoms with Gasteiger partial charge in [0.05, 0.1) is 22.8 Å². The summed E-state index contributed by atoms with van der Waals surface area (Å²) in [7, 11) is -4.48. The summed E-state index contributed by atoms with van der Waals surface area (Å²) in [4.78, 5) is 15.9. The number of amides is 1. The monoisotopic (exact) mass is 639 g/mol. The number of alkyl halides is 5. The SMILES string of the molecule is CCCCc1nc(C(F)(F)C(F)(F)F)c(CO)n1Cc1ccc(-c2ccccc2S(=O)(=O)NC(=O)c2ccccc2F)cc1. The van der Waals surface area contributed by atoms with E-state index in [1.807, 2.05) is 11.6 Å². The highest BCUT2D eigenvalue weighted by Gasteiger charge is 2.61. The normalized spacial score (nSPS) is 12.4. The first-order valence-corrected chi connectivity index (χ1v) is 14.8. The minimum Gasteiger partial charge on any atom is -0.390 e. The Morgan fingerprint density at radius 2 is 1.59 bits per heavy atom. The van der Waals surface area contributed by atoms with Crippen LogP contribution in [0.4, 0.5) is 26.3 Å². The summed E-state index contributed by atoms with van der Waals surface area (Å²) in [6, 6.07) is 16.6. The van der Waals surface area contributed by atoms with Crippen molar-refractivity contribution in [1.82, 2.24) is 14.3 Å². The smallest absolute Gasteiger partial charge is 0.390 e. The zero-order valence-electron chi connectivity index (χ0n) is 23.2. The van der Waals surface area contributed by atoms with Gasteiger partial charge >= 0.3 is 12.1 Å². The number of carbonyl (C=O) groups is 1. The Labute approximate surface area is 249 Å². The zero-order chi connectivity index (χ0) is 32.3. The van der Waals surface area contributed by atoms with Gasteiger partial charge in [-0.2, -0.15) is 22.0 Å². The van der Waals surface area contributed by atoms with Gasteiger partial charge in [-0.05, 0) is 35.7 Å². The summed E-state index contributed by atoms with van der Waals surface area (Å²) in [6.07, 6.45) is -4.75. The second-order valence-electron chi connectivity index (χ2n) is 9.85. The maximum absolute atomic E-state index is 14.3. The van der Waals surface area contributed by atoms with Gasteiger partial charge in [-0.15, -0.1) is 0 Å². The number of aromatic nitrogens is 2. The van der Waals surface area contributed by atoms with Crippen LogP contribution in [0.5, 0.6) is 0 Å². The van der Waals surface area contributed by atoms with E-state index in [0.717, 1.165) is 16.7 Å². The Bertz CT molecular complexity index is 1750. The van der Waals surface area contributed by atoms with Crippen LogP contribution in [0.3, 0.4) is 0 Å². The van der Waals surface area contributed by atoms with Crippen molar-refractivity contribution < 1.29 is 44.7 Å². The summed E-state index contributed by atoms with van der Waals surface area (Å²) >= 11 is 0. The Kier molecular flexibility index (Phi) is 9.54. The highest BCUT2D eigenvalue weighted by atomic mass is 32.2. The lowest BCUT2D eigenvalue weighted by molar-refractivity contribution is -0.291. The molecular weight excluding hydrogens is 612 g/mol. The molecule has 1 aromatic heterocycles. The third-order valence-corrected chi connectivity index (χ3v) is 8.23. The van der Waals surface area contributed by atoms with Gasteiger partial charge in [0.25, 0.3) is 15.9 Å². The molecule has 0 fully saturated rings. The molecule has 1 amide bonds. The Morgan fingerprint density at radius 3 is 2.20 bits per heavy atom. The number of imidazole rings is 1. The standard InChI is InChI=1S/C30H27F6N3O4S/c1-2-3-12-26-37-27(29(32,33)30(34,35)36)24(18-40)39(26)17-19-13-15-20(16-14-19)21-8-5-7-11-25(21)44(42,43)38-28(41)22-9-4-6-10-23(22)31/h4-11,13-16,40H,2-3,12,17-18H2,1H3,(H,38,41). The van der Waals surface area contributed by atoms with Gasteiger partial charge in [-0.1, -0.05) is 67.9 Å². The number of rotatable bonds is 11. The molecule has 2 N–H and O–H groups in total. The average Bonchev–Trinajstić information content (AvgIpc) is 3.33. The van der Waals surface area contributed by atoms with Gasteiger partial charge in [-0.25, -0.2) is 22.5 Å². The van der Waals surface area contributed by atoms with Crippen molar-refractivity contribution in [3.63, 3.8) is 0 Å². The van der Waals surface area contributed by atoms with E-state index in [4.69, 9.17) is 0 Å². The van der Waals surface area contributed by atoms with Crippen molar-refractivity contribution in [3.05, 3.63) is 107 Å². The number of hydrogen-bond acceptors (Lipinski definition) is 5. The van der Waals surface area contributed by atoms with Gasteiger partial charge in [-0.3, -0.25) is 4.79 Å². The van der Waals surface area contributed by atoms with Crippen LogP contribution in [0, 0.1) is 5.82 Å². The molecule has 4 rings (SSSR count). The molecule has 0 spiro atoms. The quantitative estimate of drug-likeness (QED) is 0.187. The fraction of sp³-hybridized carbons (Fsp3) is 0.267. The number of aliphatic hydroxyl groups excluding tert-OH is 1. The summed E-state index contributed by atoms with van der Waals surface area (Å²) in [6.45, 7) is 0.504. The second-order valence-corrected chi connectivity index (χ2v) is 11.5. The number of aryl methyl sites for hydroxylation is 1. The predicted molar refractivity (Wildman–Crippen MR) is 149 cm³/mol. The van der Waals surface area contributed by atoms with Crippen LogP contribution in [0.15, 0.2) is 77.7 Å². The number of sulfonamides is 1. The largest absolute Gasteiger partial charge is 0.459 e. The molecule has 44 heavy (non-hydrogen) atoms. The molecule has 4 aromatic rings. The van der Waals surface area contributed by atoms with E-state index in [1.165, 1.54) is 54.6 Å². The van der Waals surface area contributed by atoms with E-state index in [2.05, 4.69) is 4.98 Å². The molecule has 0 bridgehead atoms. The summed E-state index contributed by atoms with van der Waals surface area (Å²) in [5.41, 5.74) is -1.68. The van der Waals surface area contributed by atoms with E-state index in [0.29, 0.717) is 24.0 Å². The van der Waals surface area contributed by atoms with Crippen molar-refractivity contribution in [2.75, 3.05) is 0 Å². The zero-order valence-corrected chi connectivity index (χ0v) is 24.0. The molecule has 0 saturated heterocycles. The van der Waals surface area contributed by atoms with Gasteiger partial charge in [0.15, 0.2) is 0 Å². The van der Waals surface area contributed by atoms with Crippen molar-refractivity contribution >= 4 is 15.9 Å². The Balaban J connectivity index is 1.66. The third-order valence-electron chi connectivity index (χ3n) is 6.84. The molecule has 234 valence electrons. The molecule has 0 saturated carbocycles. The van der Waals surface area contributed by atoms with Gasteiger partial charge < -0.3 is 9.67 Å². The lowest BCUT2D eigenvalue weighted by Crippen LogP contribution is -2.35. The molecule has 0 unspecified atom stereocenters. The molecule has 0 aliphatic heterocycles. The summed E-state index contributed by atoms with van der Waals surface area (Å²) in [5, 5.41) is 9.83. The van der Waals surface area contributed by atoms with Crippen molar-refractivity contribution in [3.8, 4) is 11.1 Å². The minimum atomic E-state index is -5.91. The minimum absolute atomic E-state index is 0.0408. The van der Waals surface area contributed by atoms with Crippen LogP contribution in [0.25, 0.3) is 11.1 Å². The molecule has 0 atom stereocenters. The molecule has 0 aliphatic rings. The third kappa shape index (κ3) is 6.65. The maximum Gasteiger partial charge on any atom is 0.459 e. The van der Waals surface area contributed by atoms with Crippen molar-refractivity contribution in [1.29, 1.82) is 0 Å².